The molecule has 0 aliphatic carbocycles. The van der Waals surface area contributed by atoms with Crippen LogP contribution in [0.3, 0.4) is 0 Å². The van der Waals surface area contributed by atoms with Gasteiger partial charge in [0.2, 0.25) is 0 Å². The minimum absolute atomic E-state index is 0.243. The lowest BCUT2D eigenvalue weighted by molar-refractivity contribution is -0.140. The number of ether oxygens (including phenoxy) is 1. The number of rotatable bonds is 6. The fourth-order valence-corrected chi connectivity index (χ4v) is 2.59. The summed E-state index contributed by atoms with van der Waals surface area (Å²) in [6, 6.07) is 6.28. The molecule has 1 atom stereocenters. The van der Waals surface area contributed by atoms with Crippen molar-refractivity contribution >= 4 is 17.7 Å². The minimum atomic E-state index is -0.283. The molecule has 2 nitrogen and oxygen atoms in total. The highest BCUT2D eigenvalue weighted by molar-refractivity contribution is 8.00. The lowest BCUT2D eigenvalue weighted by Crippen LogP contribution is -2.18. The molecule has 1 unspecified atom stereocenters. The number of esters is 1. The smallest absolute Gasteiger partial charge is 0.319 e. The summed E-state index contributed by atoms with van der Waals surface area (Å²) < 4.78 is 17.8. The van der Waals surface area contributed by atoms with Crippen molar-refractivity contribution < 1.29 is 13.9 Å². The predicted octanol–water partition coefficient (Wildman–Crippen LogP) is 3.65. The molecule has 0 bridgehead atoms. The van der Waals surface area contributed by atoms with Gasteiger partial charge < -0.3 is 4.74 Å². The summed E-state index contributed by atoms with van der Waals surface area (Å²) in [6.07, 6.45) is 2.74. The van der Waals surface area contributed by atoms with E-state index >= 15 is 0 Å². The van der Waals surface area contributed by atoms with Crippen LogP contribution in [-0.4, -0.2) is 18.3 Å². The SMILES string of the molecule is CCCCC(Sc1cccc(F)c1)C(=O)OC. The largest absolute Gasteiger partial charge is 0.468 e. The molecule has 4 heteroatoms. The second kappa shape index (κ2) is 7.33. The summed E-state index contributed by atoms with van der Waals surface area (Å²) in [5.74, 6) is -0.526. The average molecular weight is 256 g/mol. The van der Waals surface area contributed by atoms with Gasteiger partial charge in [0.25, 0.3) is 0 Å². The molecule has 17 heavy (non-hydrogen) atoms. The second-order valence-corrected chi connectivity index (χ2v) is 5.01. The zero-order chi connectivity index (χ0) is 12.7. The van der Waals surface area contributed by atoms with Crippen molar-refractivity contribution in [3.63, 3.8) is 0 Å². The van der Waals surface area contributed by atoms with Crippen molar-refractivity contribution in [2.75, 3.05) is 7.11 Å². The van der Waals surface area contributed by atoms with Crippen LogP contribution in [0, 0.1) is 5.82 Å². The number of halogens is 1. The van der Waals surface area contributed by atoms with E-state index in [1.165, 1.54) is 31.0 Å². The summed E-state index contributed by atoms with van der Waals surface area (Å²) in [4.78, 5) is 12.3. The van der Waals surface area contributed by atoms with Gasteiger partial charge in [-0.25, -0.2) is 4.39 Å². The average Bonchev–Trinajstić information content (AvgIpc) is 2.33. The van der Waals surface area contributed by atoms with E-state index in [0.717, 1.165) is 24.2 Å². The van der Waals surface area contributed by atoms with Crippen LogP contribution < -0.4 is 0 Å². The van der Waals surface area contributed by atoms with Crippen LogP contribution in [0.2, 0.25) is 0 Å². The fourth-order valence-electron chi connectivity index (χ4n) is 1.45. The summed E-state index contributed by atoms with van der Waals surface area (Å²) >= 11 is 1.36. The lowest BCUT2D eigenvalue weighted by Gasteiger charge is -2.13. The Hall–Kier alpha value is -1.03. The quantitative estimate of drug-likeness (QED) is 0.574. The first-order valence-corrected chi connectivity index (χ1v) is 6.55. The normalized spacial score (nSPS) is 12.2. The van der Waals surface area contributed by atoms with Crippen LogP contribution in [-0.2, 0) is 9.53 Å². The Morgan fingerprint density at radius 1 is 1.53 bits per heavy atom. The van der Waals surface area contributed by atoms with E-state index in [4.69, 9.17) is 4.74 Å². The molecular formula is C13H17FO2S. The molecule has 0 amide bonds. The summed E-state index contributed by atoms with van der Waals surface area (Å²) in [5, 5.41) is -0.248. The molecule has 0 spiro atoms. The number of methoxy groups -OCH3 is 1. The van der Waals surface area contributed by atoms with Crippen LogP contribution in [0.1, 0.15) is 26.2 Å². The second-order valence-electron chi connectivity index (χ2n) is 3.73. The molecule has 0 radical (unpaired) electrons. The van der Waals surface area contributed by atoms with Gasteiger partial charge in [-0.15, -0.1) is 11.8 Å². The van der Waals surface area contributed by atoms with Gasteiger partial charge in [0, 0.05) is 4.90 Å². The molecule has 0 heterocycles. The molecule has 94 valence electrons. The Bertz CT molecular complexity index is 368. The van der Waals surface area contributed by atoms with Crippen LogP contribution >= 0.6 is 11.8 Å². The molecule has 0 aliphatic heterocycles. The highest BCUT2D eigenvalue weighted by Gasteiger charge is 2.19. The van der Waals surface area contributed by atoms with Gasteiger partial charge in [-0.1, -0.05) is 25.8 Å². The fraction of sp³-hybridized carbons (Fsp3) is 0.462. The van der Waals surface area contributed by atoms with Gasteiger partial charge in [-0.3, -0.25) is 4.79 Å². The molecule has 0 saturated heterocycles. The van der Waals surface area contributed by atoms with Gasteiger partial charge in [-0.2, -0.15) is 0 Å². The molecule has 0 aromatic heterocycles. The van der Waals surface area contributed by atoms with Gasteiger partial charge in [0.05, 0.1) is 7.11 Å². The number of benzene rings is 1. The van der Waals surface area contributed by atoms with E-state index in [1.807, 2.05) is 0 Å². The van der Waals surface area contributed by atoms with Crippen LogP contribution in [0.5, 0.6) is 0 Å². The Balaban J connectivity index is 2.68. The van der Waals surface area contributed by atoms with Gasteiger partial charge in [-0.05, 0) is 24.6 Å². The Kier molecular flexibility index (Phi) is 6.05. The third-order valence-electron chi connectivity index (χ3n) is 2.36. The van der Waals surface area contributed by atoms with Crippen molar-refractivity contribution in [2.24, 2.45) is 0 Å². The first kappa shape index (κ1) is 14.0. The van der Waals surface area contributed by atoms with Crippen LogP contribution in [0.4, 0.5) is 4.39 Å². The summed E-state index contributed by atoms with van der Waals surface area (Å²) in [7, 11) is 1.38. The number of carbonyl (C=O) groups is 1. The maximum Gasteiger partial charge on any atom is 0.319 e. The predicted molar refractivity (Wildman–Crippen MR) is 67.6 cm³/mol. The Labute approximate surface area is 106 Å². The molecule has 0 aliphatic rings. The number of unbranched alkanes of at least 4 members (excludes halogenated alkanes) is 1. The molecule has 0 saturated carbocycles. The van der Waals surface area contributed by atoms with E-state index < -0.39 is 0 Å². The zero-order valence-corrected chi connectivity index (χ0v) is 10.9. The maximum atomic E-state index is 13.0. The monoisotopic (exact) mass is 256 g/mol. The molecule has 0 N–H and O–H groups in total. The van der Waals surface area contributed by atoms with E-state index in [0.29, 0.717) is 0 Å². The van der Waals surface area contributed by atoms with Gasteiger partial charge >= 0.3 is 5.97 Å². The van der Waals surface area contributed by atoms with Crippen molar-refractivity contribution in [3.05, 3.63) is 30.1 Å². The van der Waals surface area contributed by atoms with E-state index in [-0.39, 0.29) is 17.0 Å². The van der Waals surface area contributed by atoms with E-state index in [2.05, 4.69) is 6.92 Å². The topological polar surface area (TPSA) is 26.3 Å². The molecule has 1 rings (SSSR count). The third kappa shape index (κ3) is 4.77. The number of hydrogen-bond donors (Lipinski definition) is 0. The first-order valence-electron chi connectivity index (χ1n) is 5.67. The third-order valence-corrected chi connectivity index (χ3v) is 3.60. The highest BCUT2D eigenvalue weighted by Crippen LogP contribution is 2.27. The van der Waals surface area contributed by atoms with Gasteiger partial charge in [0.1, 0.15) is 11.1 Å². The Morgan fingerprint density at radius 3 is 2.88 bits per heavy atom. The molecule has 1 aromatic rings. The minimum Gasteiger partial charge on any atom is -0.468 e. The van der Waals surface area contributed by atoms with Crippen LogP contribution in [0.15, 0.2) is 29.2 Å². The zero-order valence-electron chi connectivity index (χ0n) is 10.1. The number of carbonyl (C=O) groups excluding carboxylic acids is 1. The first-order chi connectivity index (χ1) is 8.17. The van der Waals surface area contributed by atoms with Crippen molar-refractivity contribution in [1.82, 2.24) is 0 Å². The van der Waals surface area contributed by atoms with Crippen molar-refractivity contribution in [1.29, 1.82) is 0 Å². The lowest BCUT2D eigenvalue weighted by atomic mass is 10.2. The van der Waals surface area contributed by atoms with E-state index in [1.54, 1.807) is 12.1 Å². The summed E-state index contributed by atoms with van der Waals surface area (Å²) in [6.45, 7) is 2.07. The molecule has 0 fully saturated rings. The van der Waals surface area contributed by atoms with Crippen molar-refractivity contribution in [3.8, 4) is 0 Å². The summed E-state index contributed by atoms with van der Waals surface area (Å²) in [5.41, 5.74) is 0. The number of hydrogen-bond acceptors (Lipinski definition) is 3. The molecule has 1 aromatic carbocycles. The van der Waals surface area contributed by atoms with Gasteiger partial charge in [0.15, 0.2) is 0 Å². The highest BCUT2D eigenvalue weighted by atomic mass is 32.2. The van der Waals surface area contributed by atoms with Crippen LogP contribution in [0.25, 0.3) is 0 Å². The van der Waals surface area contributed by atoms with Crippen molar-refractivity contribution in [2.45, 2.75) is 36.3 Å². The standard InChI is InChI=1S/C13H17FO2S/c1-3-4-8-12(13(15)16-2)17-11-7-5-6-10(14)9-11/h5-7,9,12H,3-4,8H2,1-2H3. The van der Waals surface area contributed by atoms with E-state index in [9.17, 15) is 9.18 Å². The molecular weight excluding hydrogens is 239 g/mol. The Morgan fingerprint density at radius 2 is 2.29 bits per heavy atom. The maximum absolute atomic E-state index is 13.0. The number of thioether (sulfide) groups is 1.